The SMILES string of the molecule is CCS(C)(C)OS(=O)(=O)C(F)(F)C(F)(F)C(F)(F)C(F)(F)F. The summed E-state index contributed by atoms with van der Waals surface area (Å²) in [6.07, 6.45) is -5.26. The van der Waals surface area contributed by atoms with Gasteiger partial charge in [0.25, 0.3) is 0 Å². The van der Waals surface area contributed by atoms with E-state index in [9.17, 15) is 47.9 Å². The fraction of sp³-hybridized carbons (Fsp3) is 1.00. The highest BCUT2D eigenvalue weighted by Gasteiger charge is 2.86. The van der Waals surface area contributed by atoms with Crippen molar-refractivity contribution in [2.24, 2.45) is 0 Å². The van der Waals surface area contributed by atoms with Gasteiger partial charge in [-0.3, -0.25) is 0 Å². The van der Waals surface area contributed by atoms with Crippen molar-refractivity contribution in [2.75, 3.05) is 18.3 Å². The van der Waals surface area contributed by atoms with Gasteiger partial charge in [0.05, 0.1) is 0 Å². The van der Waals surface area contributed by atoms with Crippen LogP contribution in [0.1, 0.15) is 6.92 Å². The molecule has 0 unspecified atom stereocenters. The molecule has 0 aromatic rings. The van der Waals surface area contributed by atoms with Gasteiger partial charge in [-0.1, -0.05) is 6.92 Å². The summed E-state index contributed by atoms with van der Waals surface area (Å²) >= 11 is 0. The Hall–Kier alpha value is -0.370. The highest BCUT2D eigenvalue weighted by molar-refractivity contribution is 8.32. The van der Waals surface area contributed by atoms with Gasteiger partial charge in [0.2, 0.25) is 0 Å². The quantitative estimate of drug-likeness (QED) is 0.649. The first-order valence-corrected chi connectivity index (χ1v) is 9.09. The molecular formula is C8H11F9O3S2. The number of halogens is 9. The van der Waals surface area contributed by atoms with Crippen LogP contribution in [0.5, 0.6) is 0 Å². The Bertz CT molecular complexity index is 509. The lowest BCUT2D eigenvalue weighted by atomic mass is 10.1. The molecule has 0 radical (unpaired) electrons. The fourth-order valence-corrected chi connectivity index (χ4v) is 3.96. The molecule has 0 aromatic heterocycles. The predicted octanol–water partition coefficient (Wildman–Crippen LogP) is 3.76. The van der Waals surface area contributed by atoms with Crippen molar-refractivity contribution in [2.45, 2.75) is 30.2 Å². The van der Waals surface area contributed by atoms with Crippen LogP contribution in [0.25, 0.3) is 0 Å². The topological polar surface area (TPSA) is 43.4 Å². The van der Waals surface area contributed by atoms with Crippen molar-refractivity contribution < 1.29 is 51.6 Å². The van der Waals surface area contributed by atoms with E-state index in [1.165, 1.54) is 6.92 Å². The summed E-state index contributed by atoms with van der Waals surface area (Å²) in [6.45, 7) is 1.21. The third kappa shape index (κ3) is 3.42. The number of rotatable bonds is 6. The monoisotopic (exact) mass is 390 g/mol. The highest BCUT2D eigenvalue weighted by Crippen LogP contribution is 2.57. The molecule has 0 heterocycles. The second-order valence-electron chi connectivity index (χ2n) is 4.41. The van der Waals surface area contributed by atoms with Crippen LogP contribution in [-0.4, -0.2) is 50.0 Å². The molecular weight excluding hydrogens is 379 g/mol. The van der Waals surface area contributed by atoms with Gasteiger partial charge >= 0.3 is 33.4 Å². The van der Waals surface area contributed by atoms with Crippen LogP contribution in [0.4, 0.5) is 39.5 Å². The van der Waals surface area contributed by atoms with Crippen molar-refractivity contribution in [3.63, 3.8) is 0 Å². The standard InChI is InChI=1S/C8H11F9O3S2/c1-4-21(2,3)20-22(18,19)8(16,17)6(11,12)5(9,10)7(13,14)15/h4H2,1-3H3. The molecule has 0 saturated heterocycles. The molecule has 0 amide bonds. The second-order valence-corrected chi connectivity index (χ2v) is 9.83. The first kappa shape index (κ1) is 21.6. The molecule has 0 spiro atoms. The van der Waals surface area contributed by atoms with Gasteiger partial charge in [0, 0.05) is 0 Å². The summed E-state index contributed by atoms with van der Waals surface area (Å²) < 4.78 is 139. The summed E-state index contributed by atoms with van der Waals surface area (Å²) in [7, 11) is -9.69. The van der Waals surface area contributed by atoms with E-state index in [4.69, 9.17) is 0 Å². The zero-order chi connectivity index (χ0) is 18.4. The average molecular weight is 390 g/mol. The molecule has 0 saturated carbocycles. The van der Waals surface area contributed by atoms with E-state index in [1.54, 1.807) is 0 Å². The second kappa shape index (κ2) is 5.61. The zero-order valence-corrected chi connectivity index (χ0v) is 12.8. The van der Waals surface area contributed by atoms with E-state index in [2.05, 4.69) is 3.63 Å². The maximum absolute atomic E-state index is 13.2. The van der Waals surface area contributed by atoms with Gasteiger partial charge < -0.3 is 0 Å². The summed E-state index contributed by atoms with van der Waals surface area (Å²) in [4.78, 5) is 0. The molecule has 0 fully saturated rings. The van der Waals surface area contributed by atoms with Crippen molar-refractivity contribution in [1.82, 2.24) is 0 Å². The lowest BCUT2D eigenvalue weighted by Gasteiger charge is -2.35. The normalized spacial score (nSPS) is 16.7. The van der Waals surface area contributed by atoms with Crippen molar-refractivity contribution >= 4 is 20.4 Å². The van der Waals surface area contributed by atoms with Crippen LogP contribution in [0.2, 0.25) is 0 Å². The Morgan fingerprint density at radius 1 is 0.818 bits per heavy atom. The van der Waals surface area contributed by atoms with E-state index in [0.717, 1.165) is 12.5 Å². The number of alkyl halides is 9. The lowest BCUT2D eigenvalue weighted by Crippen LogP contribution is -2.63. The van der Waals surface area contributed by atoms with E-state index in [0.29, 0.717) is 0 Å². The molecule has 3 nitrogen and oxygen atoms in total. The van der Waals surface area contributed by atoms with Crippen LogP contribution >= 0.6 is 10.3 Å². The van der Waals surface area contributed by atoms with Crippen LogP contribution in [0, 0.1) is 0 Å². The van der Waals surface area contributed by atoms with Gasteiger partial charge in [-0.15, -0.1) is 10.3 Å². The highest BCUT2D eigenvalue weighted by atomic mass is 32.3. The van der Waals surface area contributed by atoms with Gasteiger partial charge in [0.1, 0.15) is 0 Å². The molecule has 0 bridgehead atoms. The van der Waals surface area contributed by atoms with Crippen molar-refractivity contribution in [3.8, 4) is 0 Å². The molecule has 0 N–H and O–H groups in total. The molecule has 0 aliphatic heterocycles. The van der Waals surface area contributed by atoms with Crippen LogP contribution in [0.15, 0.2) is 0 Å². The maximum atomic E-state index is 13.2. The average Bonchev–Trinajstić information content (AvgIpc) is 2.25. The van der Waals surface area contributed by atoms with Gasteiger partial charge in [0.15, 0.2) is 0 Å². The summed E-state index contributed by atoms with van der Waals surface area (Å²) in [6, 6.07) is 0. The molecule has 0 rings (SSSR count). The van der Waals surface area contributed by atoms with E-state index >= 15 is 0 Å². The van der Waals surface area contributed by atoms with Gasteiger partial charge in [-0.25, -0.2) is 3.63 Å². The van der Waals surface area contributed by atoms with E-state index in [-0.39, 0.29) is 5.75 Å². The Labute approximate surface area is 121 Å². The minimum Gasteiger partial charge on any atom is -0.216 e. The number of hydrogen-bond acceptors (Lipinski definition) is 3. The van der Waals surface area contributed by atoms with E-state index in [1.807, 2.05) is 0 Å². The minimum absolute atomic E-state index is 0.260. The van der Waals surface area contributed by atoms with Crippen LogP contribution < -0.4 is 0 Å². The molecule has 0 aliphatic carbocycles. The van der Waals surface area contributed by atoms with Crippen LogP contribution in [0.3, 0.4) is 0 Å². The molecule has 136 valence electrons. The molecule has 0 atom stereocenters. The molecule has 22 heavy (non-hydrogen) atoms. The van der Waals surface area contributed by atoms with E-state index < -0.39 is 43.7 Å². The zero-order valence-electron chi connectivity index (χ0n) is 11.2. The Balaban J connectivity index is 6.02. The van der Waals surface area contributed by atoms with Crippen molar-refractivity contribution in [3.05, 3.63) is 0 Å². The maximum Gasteiger partial charge on any atom is 0.460 e. The molecule has 0 aromatic carbocycles. The largest absolute Gasteiger partial charge is 0.460 e. The van der Waals surface area contributed by atoms with Gasteiger partial charge in [-0.05, 0) is 18.3 Å². The Morgan fingerprint density at radius 2 is 1.18 bits per heavy atom. The Morgan fingerprint density at radius 3 is 1.45 bits per heavy atom. The van der Waals surface area contributed by atoms with Gasteiger partial charge in [-0.2, -0.15) is 47.9 Å². The first-order valence-electron chi connectivity index (χ1n) is 5.13. The summed E-state index contributed by atoms with van der Waals surface area (Å²) in [5.74, 6) is -14.8. The molecule has 0 aliphatic rings. The lowest BCUT2D eigenvalue weighted by molar-refractivity contribution is -0.382. The Kier molecular flexibility index (Phi) is 5.52. The van der Waals surface area contributed by atoms with Crippen molar-refractivity contribution in [1.29, 1.82) is 0 Å². The summed E-state index contributed by atoms with van der Waals surface area (Å²) in [5.41, 5.74) is 0. The minimum atomic E-state index is -7.29. The van der Waals surface area contributed by atoms with Crippen LogP contribution in [-0.2, 0) is 13.7 Å². The smallest absolute Gasteiger partial charge is 0.216 e. The third-order valence-electron chi connectivity index (χ3n) is 2.40. The first-order chi connectivity index (χ1) is 9.27. The molecule has 14 heteroatoms. The summed E-state index contributed by atoms with van der Waals surface area (Å²) in [5, 5.41) is -6.79. The predicted molar refractivity (Wildman–Crippen MR) is 60.9 cm³/mol. The fourth-order valence-electron chi connectivity index (χ4n) is 0.851. The third-order valence-corrected chi connectivity index (χ3v) is 6.86. The number of hydrogen-bond donors (Lipinski definition) is 0.